The molecule has 1 aliphatic heterocycles. The van der Waals surface area contributed by atoms with Crippen LogP contribution in [0.15, 0.2) is 54.6 Å². The van der Waals surface area contributed by atoms with Crippen LogP contribution in [0.2, 0.25) is 0 Å². The number of benzene rings is 2. The topological polar surface area (TPSA) is 81.6 Å². The lowest BCUT2D eigenvalue weighted by Crippen LogP contribution is -2.47. The number of aromatic nitrogens is 2. The number of amides is 1. The van der Waals surface area contributed by atoms with Crippen LogP contribution in [-0.4, -0.2) is 70.6 Å². The molecule has 1 saturated heterocycles. The zero-order valence-corrected chi connectivity index (χ0v) is 18.6. The van der Waals surface area contributed by atoms with E-state index in [1.807, 2.05) is 54.3 Å². The van der Waals surface area contributed by atoms with Crippen LogP contribution < -0.4 is 5.32 Å². The number of phenols is 1. The Balaban J connectivity index is 1.41. The Morgan fingerprint density at radius 1 is 1.00 bits per heavy atom. The van der Waals surface area contributed by atoms with Gasteiger partial charge in [0, 0.05) is 55.6 Å². The molecule has 166 valence electrons. The molecule has 2 heterocycles. The standard InChI is InChI=1S/C25H29N5O2/c1-18-17-23(26-12-11-19-3-9-22(31)10-4-19)28-24(27-18)20-5-7-21(8-6-20)25(32)30-15-13-29(2)14-16-30/h3-10,17,31H,11-16H2,1-2H3,(H,26,27,28). The molecule has 0 aliphatic carbocycles. The van der Waals surface area contributed by atoms with Crippen molar-refractivity contribution in [2.45, 2.75) is 13.3 Å². The maximum Gasteiger partial charge on any atom is 0.253 e. The van der Waals surface area contributed by atoms with Crippen molar-refractivity contribution >= 4 is 11.7 Å². The number of likely N-dealkylation sites (N-methyl/N-ethyl adjacent to an activating group) is 1. The first-order chi connectivity index (χ1) is 15.5. The highest BCUT2D eigenvalue weighted by molar-refractivity contribution is 5.94. The quantitative estimate of drug-likeness (QED) is 0.624. The highest BCUT2D eigenvalue weighted by Gasteiger charge is 2.20. The molecule has 0 radical (unpaired) electrons. The molecule has 7 nitrogen and oxygen atoms in total. The number of piperazine rings is 1. The molecule has 2 aromatic carbocycles. The second-order valence-corrected chi connectivity index (χ2v) is 8.23. The zero-order valence-electron chi connectivity index (χ0n) is 18.6. The van der Waals surface area contributed by atoms with Crippen LogP contribution in [0.5, 0.6) is 5.75 Å². The van der Waals surface area contributed by atoms with Gasteiger partial charge in [-0.2, -0.15) is 0 Å². The van der Waals surface area contributed by atoms with Gasteiger partial charge in [-0.3, -0.25) is 4.79 Å². The molecular weight excluding hydrogens is 402 g/mol. The van der Waals surface area contributed by atoms with E-state index in [0.29, 0.717) is 11.4 Å². The summed E-state index contributed by atoms with van der Waals surface area (Å²) in [5.41, 5.74) is 3.59. The van der Waals surface area contributed by atoms with Gasteiger partial charge in [-0.1, -0.05) is 24.3 Å². The van der Waals surface area contributed by atoms with Crippen LogP contribution in [-0.2, 0) is 6.42 Å². The SMILES string of the molecule is Cc1cc(NCCc2ccc(O)cc2)nc(-c2ccc(C(=O)N3CCN(C)CC3)cc2)n1. The van der Waals surface area contributed by atoms with E-state index >= 15 is 0 Å². The van der Waals surface area contributed by atoms with Crippen molar-refractivity contribution < 1.29 is 9.90 Å². The van der Waals surface area contributed by atoms with E-state index in [4.69, 9.17) is 0 Å². The van der Waals surface area contributed by atoms with E-state index in [1.54, 1.807) is 12.1 Å². The van der Waals surface area contributed by atoms with Gasteiger partial charge in [-0.15, -0.1) is 0 Å². The Bertz CT molecular complexity index is 1060. The molecule has 1 aromatic heterocycles. The number of hydrogen-bond donors (Lipinski definition) is 2. The molecule has 0 bridgehead atoms. The molecule has 1 amide bonds. The number of carbonyl (C=O) groups is 1. The van der Waals surface area contributed by atoms with Crippen molar-refractivity contribution in [3.05, 3.63) is 71.4 Å². The van der Waals surface area contributed by atoms with Crippen LogP contribution >= 0.6 is 0 Å². The van der Waals surface area contributed by atoms with E-state index in [2.05, 4.69) is 27.2 Å². The van der Waals surface area contributed by atoms with Gasteiger partial charge in [0.05, 0.1) is 0 Å². The predicted octanol–water partition coefficient (Wildman–Crippen LogP) is 3.20. The largest absolute Gasteiger partial charge is 0.508 e. The average Bonchev–Trinajstić information content (AvgIpc) is 2.80. The van der Waals surface area contributed by atoms with Crippen molar-refractivity contribution in [1.82, 2.24) is 19.8 Å². The van der Waals surface area contributed by atoms with Gasteiger partial charge >= 0.3 is 0 Å². The number of carbonyl (C=O) groups excluding carboxylic acids is 1. The summed E-state index contributed by atoms with van der Waals surface area (Å²) in [5, 5.41) is 12.8. The molecular formula is C25H29N5O2. The van der Waals surface area contributed by atoms with Gasteiger partial charge in [0.15, 0.2) is 5.82 Å². The molecule has 3 aromatic rings. The van der Waals surface area contributed by atoms with E-state index in [1.165, 1.54) is 0 Å². The number of hydrogen-bond acceptors (Lipinski definition) is 6. The van der Waals surface area contributed by atoms with Gasteiger partial charge in [0.25, 0.3) is 5.91 Å². The van der Waals surface area contributed by atoms with Crippen LogP contribution in [0, 0.1) is 6.92 Å². The zero-order chi connectivity index (χ0) is 22.5. The highest BCUT2D eigenvalue weighted by atomic mass is 16.3. The number of aryl methyl sites for hydroxylation is 1. The fourth-order valence-corrected chi connectivity index (χ4v) is 3.74. The molecule has 0 atom stereocenters. The van der Waals surface area contributed by atoms with Crippen LogP contribution in [0.4, 0.5) is 5.82 Å². The van der Waals surface area contributed by atoms with Gasteiger partial charge in [-0.05, 0) is 50.2 Å². The fourth-order valence-electron chi connectivity index (χ4n) is 3.74. The highest BCUT2D eigenvalue weighted by Crippen LogP contribution is 2.20. The Morgan fingerprint density at radius 2 is 1.69 bits per heavy atom. The molecule has 2 N–H and O–H groups in total. The first kappa shape index (κ1) is 21.8. The first-order valence-electron chi connectivity index (χ1n) is 10.9. The molecule has 1 aliphatic rings. The molecule has 0 unspecified atom stereocenters. The van der Waals surface area contributed by atoms with Gasteiger partial charge < -0.3 is 20.2 Å². The van der Waals surface area contributed by atoms with Gasteiger partial charge in [0.2, 0.25) is 0 Å². The Hall–Kier alpha value is -3.45. The number of phenolic OH excluding ortho intramolecular Hbond substituents is 1. The average molecular weight is 432 g/mol. The Kier molecular flexibility index (Phi) is 6.66. The number of anilines is 1. The van der Waals surface area contributed by atoms with Gasteiger partial charge in [-0.25, -0.2) is 9.97 Å². The summed E-state index contributed by atoms with van der Waals surface area (Å²) >= 11 is 0. The molecule has 32 heavy (non-hydrogen) atoms. The second kappa shape index (κ2) is 9.78. The molecule has 1 fully saturated rings. The molecule has 4 rings (SSSR count). The maximum atomic E-state index is 12.8. The lowest BCUT2D eigenvalue weighted by molar-refractivity contribution is 0.0664. The van der Waals surface area contributed by atoms with Crippen molar-refractivity contribution in [3.63, 3.8) is 0 Å². The first-order valence-corrected chi connectivity index (χ1v) is 10.9. The van der Waals surface area contributed by atoms with E-state index in [9.17, 15) is 9.90 Å². The molecule has 0 spiro atoms. The fraction of sp³-hybridized carbons (Fsp3) is 0.320. The summed E-state index contributed by atoms with van der Waals surface area (Å²) in [7, 11) is 2.08. The summed E-state index contributed by atoms with van der Waals surface area (Å²) in [6.07, 6.45) is 0.821. The number of aromatic hydroxyl groups is 1. The number of nitrogens with zero attached hydrogens (tertiary/aromatic N) is 4. The van der Waals surface area contributed by atoms with Crippen LogP contribution in [0.1, 0.15) is 21.6 Å². The minimum absolute atomic E-state index is 0.0754. The maximum absolute atomic E-state index is 12.8. The molecule has 7 heteroatoms. The second-order valence-electron chi connectivity index (χ2n) is 8.23. The smallest absolute Gasteiger partial charge is 0.253 e. The number of nitrogens with one attached hydrogen (secondary N) is 1. The summed E-state index contributed by atoms with van der Waals surface area (Å²) in [6, 6.07) is 16.7. The monoisotopic (exact) mass is 431 g/mol. The van der Waals surface area contributed by atoms with Crippen molar-refractivity contribution in [2.24, 2.45) is 0 Å². The Labute approximate surface area is 188 Å². The minimum Gasteiger partial charge on any atom is -0.508 e. The normalized spacial score (nSPS) is 14.4. The lowest BCUT2D eigenvalue weighted by Gasteiger charge is -2.32. The van der Waals surface area contributed by atoms with Crippen molar-refractivity contribution in [1.29, 1.82) is 0 Å². The summed E-state index contributed by atoms with van der Waals surface area (Å²) in [4.78, 5) is 26.1. The third-order valence-corrected chi connectivity index (χ3v) is 5.69. The third-order valence-electron chi connectivity index (χ3n) is 5.69. The van der Waals surface area contributed by atoms with Crippen molar-refractivity contribution in [3.8, 4) is 17.1 Å². The predicted molar refractivity (Wildman–Crippen MR) is 126 cm³/mol. The van der Waals surface area contributed by atoms with E-state index < -0.39 is 0 Å². The summed E-state index contributed by atoms with van der Waals surface area (Å²) in [5.74, 6) is 1.75. The number of rotatable bonds is 6. The van der Waals surface area contributed by atoms with Crippen LogP contribution in [0.25, 0.3) is 11.4 Å². The third kappa shape index (κ3) is 5.42. The van der Waals surface area contributed by atoms with E-state index in [0.717, 1.165) is 61.8 Å². The lowest BCUT2D eigenvalue weighted by atomic mass is 10.1. The van der Waals surface area contributed by atoms with E-state index in [-0.39, 0.29) is 11.7 Å². The minimum atomic E-state index is 0.0754. The Morgan fingerprint density at radius 3 is 2.38 bits per heavy atom. The van der Waals surface area contributed by atoms with Crippen molar-refractivity contribution in [2.75, 3.05) is 45.1 Å². The van der Waals surface area contributed by atoms with Gasteiger partial charge in [0.1, 0.15) is 11.6 Å². The molecule has 0 saturated carbocycles. The van der Waals surface area contributed by atoms with Crippen LogP contribution in [0.3, 0.4) is 0 Å². The summed E-state index contributed by atoms with van der Waals surface area (Å²) in [6.45, 7) is 6.00. The summed E-state index contributed by atoms with van der Waals surface area (Å²) < 4.78 is 0.